The van der Waals surface area contributed by atoms with E-state index in [-0.39, 0.29) is 11.7 Å². The van der Waals surface area contributed by atoms with Crippen LogP contribution in [0.2, 0.25) is 0 Å². The van der Waals surface area contributed by atoms with Crippen molar-refractivity contribution in [3.05, 3.63) is 64.8 Å². The van der Waals surface area contributed by atoms with Crippen molar-refractivity contribution in [2.24, 2.45) is 4.99 Å². The van der Waals surface area contributed by atoms with Gasteiger partial charge < -0.3 is 10.1 Å². The molecule has 3 rings (SSSR count). The fourth-order valence-electron chi connectivity index (χ4n) is 1.96. The molecule has 1 aliphatic rings. The third kappa shape index (κ3) is 3.78. The summed E-state index contributed by atoms with van der Waals surface area (Å²) in [7, 11) is 1.60. The number of amidine groups is 1. The summed E-state index contributed by atoms with van der Waals surface area (Å²) in [5, 5.41) is 3.17. The molecule has 1 amide bonds. The van der Waals surface area contributed by atoms with E-state index >= 15 is 0 Å². The molecule has 0 radical (unpaired) electrons. The first-order chi connectivity index (χ1) is 11.1. The molecule has 6 heteroatoms. The van der Waals surface area contributed by atoms with Crippen molar-refractivity contribution in [3.8, 4) is 5.75 Å². The van der Waals surface area contributed by atoms with Gasteiger partial charge in [0.2, 0.25) is 0 Å². The zero-order chi connectivity index (χ0) is 16.2. The van der Waals surface area contributed by atoms with Gasteiger partial charge in [-0.25, -0.2) is 9.38 Å². The Balaban J connectivity index is 1.78. The third-order valence-electron chi connectivity index (χ3n) is 3.12. The number of benzene rings is 2. The van der Waals surface area contributed by atoms with Crippen molar-refractivity contribution in [2.75, 3.05) is 7.11 Å². The normalized spacial score (nSPS) is 17.6. The van der Waals surface area contributed by atoms with Gasteiger partial charge in [0.05, 0.1) is 17.7 Å². The van der Waals surface area contributed by atoms with Gasteiger partial charge in [-0.15, -0.1) is 0 Å². The van der Waals surface area contributed by atoms with Crippen LogP contribution in [0.4, 0.5) is 10.1 Å². The highest BCUT2D eigenvalue weighted by atomic mass is 32.2. The number of rotatable bonds is 3. The number of hydrogen-bond donors (Lipinski definition) is 1. The molecule has 1 N–H and O–H groups in total. The average Bonchev–Trinajstić information content (AvgIpc) is 2.90. The van der Waals surface area contributed by atoms with E-state index in [0.29, 0.717) is 15.8 Å². The first kappa shape index (κ1) is 15.3. The molecule has 4 nitrogen and oxygen atoms in total. The number of hydrogen-bond acceptors (Lipinski definition) is 4. The molecular weight excluding hydrogens is 315 g/mol. The second-order valence-corrected chi connectivity index (χ2v) is 5.76. The van der Waals surface area contributed by atoms with Gasteiger partial charge in [-0.05, 0) is 59.8 Å². The van der Waals surface area contributed by atoms with Gasteiger partial charge >= 0.3 is 0 Å². The first-order valence-corrected chi connectivity index (χ1v) is 7.65. The number of carbonyl (C=O) groups excluding carboxylic acids is 1. The zero-order valence-corrected chi connectivity index (χ0v) is 13.1. The van der Waals surface area contributed by atoms with Gasteiger partial charge in [0.15, 0.2) is 5.17 Å². The molecule has 0 aliphatic carbocycles. The maximum Gasteiger partial charge on any atom is 0.264 e. The van der Waals surface area contributed by atoms with E-state index in [1.165, 1.54) is 23.9 Å². The van der Waals surface area contributed by atoms with E-state index in [9.17, 15) is 9.18 Å². The summed E-state index contributed by atoms with van der Waals surface area (Å²) in [6.07, 6.45) is 1.78. The molecule has 2 aromatic rings. The van der Waals surface area contributed by atoms with Crippen molar-refractivity contribution < 1.29 is 13.9 Å². The Bertz CT molecular complexity index is 783. The highest BCUT2D eigenvalue weighted by molar-refractivity contribution is 8.18. The summed E-state index contributed by atoms with van der Waals surface area (Å²) >= 11 is 1.25. The minimum absolute atomic E-state index is 0.202. The molecule has 0 unspecified atom stereocenters. The minimum atomic E-state index is -0.322. The summed E-state index contributed by atoms with van der Waals surface area (Å²) in [4.78, 5) is 16.8. The van der Waals surface area contributed by atoms with E-state index in [1.54, 1.807) is 25.3 Å². The Morgan fingerprint density at radius 1 is 1.13 bits per heavy atom. The van der Waals surface area contributed by atoms with Crippen molar-refractivity contribution >= 4 is 34.6 Å². The third-order valence-corrected chi connectivity index (χ3v) is 4.03. The summed E-state index contributed by atoms with van der Waals surface area (Å²) in [6.45, 7) is 0. The second kappa shape index (κ2) is 6.66. The Morgan fingerprint density at radius 2 is 1.83 bits per heavy atom. The van der Waals surface area contributed by atoms with Crippen LogP contribution in [0.1, 0.15) is 5.56 Å². The summed E-state index contributed by atoms with van der Waals surface area (Å²) in [5.41, 5.74) is 1.48. The molecule has 0 spiro atoms. The number of ether oxygens (including phenoxy) is 1. The molecular formula is C17H13FN2O2S. The Morgan fingerprint density at radius 3 is 2.48 bits per heavy atom. The van der Waals surface area contributed by atoms with Crippen LogP contribution < -0.4 is 10.1 Å². The fraction of sp³-hybridized carbons (Fsp3) is 0.0588. The predicted molar refractivity (Wildman–Crippen MR) is 90.2 cm³/mol. The lowest BCUT2D eigenvalue weighted by molar-refractivity contribution is -0.115. The molecule has 1 aliphatic heterocycles. The first-order valence-electron chi connectivity index (χ1n) is 6.83. The lowest BCUT2D eigenvalue weighted by Crippen LogP contribution is -2.19. The Kier molecular flexibility index (Phi) is 4.43. The van der Waals surface area contributed by atoms with Gasteiger partial charge in [-0.3, -0.25) is 4.79 Å². The van der Waals surface area contributed by atoms with Crippen molar-refractivity contribution in [1.82, 2.24) is 5.32 Å². The van der Waals surface area contributed by atoms with Crippen LogP contribution in [0.5, 0.6) is 5.75 Å². The number of nitrogens with zero attached hydrogens (tertiary/aromatic N) is 1. The lowest BCUT2D eigenvalue weighted by Gasteiger charge is -1.99. The molecule has 1 saturated heterocycles. The Labute approximate surface area is 137 Å². The molecule has 116 valence electrons. The van der Waals surface area contributed by atoms with E-state index < -0.39 is 0 Å². The second-order valence-electron chi connectivity index (χ2n) is 4.73. The molecule has 2 aromatic carbocycles. The minimum Gasteiger partial charge on any atom is -0.497 e. The van der Waals surface area contributed by atoms with E-state index in [1.807, 2.05) is 24.3 Å². The number of aliphatic imine (C=N–C) groups is 1. The number of nitrogens with one attached hydrogen (secondary N) is 1. The van der Waals surface area contributed by atoms with Crippen molar-refractivity contribution in [2.45, 2.75) is 0 Å². The molecule has 0 saturated carbocycles. The molecule has 0 aromatic heterocycles. The highest BCUT2D eigenvalue weighted by Gasteiger charge is 2.23. The predicted octanol–water partition coefficient (Wildman–Crippen LogP) is 3.73. The quantitative estimate of drug-likeness (QED) is 0.874. The summed E-state index contributed by atoms with van der Waals surface area (Å²) in [6, 6.07) is 13.2. The standard InChI is InChI=1S/C17H13FN2O2S/c1-22-14-8-2-11(3-9-14)10-15-16(21)20-17(23-15)19-13-6-4-12(18)5-7-13/h2-10H,1H3,(H,19,20,21)/b15-10+. The van der Waals surface area contributed by atoms with Crippen molar-refractivity contribution in [3.63, 3.8) is 0 Å². The fourth-order valence-corrected chi connectivity index (χ4v) is 2.81. The lowest BCUT2D eigenvalue weighted by atomic mass is 10.2. The van der Waals surface area contributed by atoms with Crippen LogP contribution >= 0.6 is 11.8 Å². The van der Waals surface area contributed by atoms with Crippen LogP contribution in [0.25, 0.3) is 6.08 Å². The Hall–Kier alpha value is -2.60. The smallest absolute Gasteiger partial charge is 0.264 e. The van der Waals surface area contributed by atoms with Crippen LogP contribution in [0.3, 0.4) is 0 Å². The number of methoxy groups -OCH3 is 1. The van der Waals surface area contributed by atoms with Gasteiger partial charge in [0, 0.05) is 0 Å². The SMILES string of the molecule is COc1ccc(/C=C2/SC(=Nc3ccc(F)cc3)NC2=O)cc1. The maximum absolute atomic E-state index is 12.9. The highest BCUT2D eigenvalue weighted by Crippen LogP contribution is 2.28. The average molecular weight is 328 g/mol. The summed E-state index contributed by atoms with van der Waals surface area (Å²) in [5.74, 6) is 0.234. The van der Waals surface area contributed by atoms with E-state index in [4.69, 9.17) is 4.74 Å². The number of amides is 1. The molecule has 1 fully saturated rings. The van der Waals surface area contributed by atoms with E-state index in [2.05, 4.69) is 10.3 Å². The van der Waals surface area contributed by atoms with Crippen LogP contribution in [-0.2, 0) is 4.79 Å². The van der Waals surface area contributed by atoms with Crippen LogP contribution in [0, 0.1) is 5.82 Å². The summed E-state index contributed by atoms with van der Waals surface area (Å²) < 4.78 is 18.0. The van der Waals surface area contributed by atoms with E-state index in [0.717, 1.165) is 11.3 Å². The van der Waals surface area contributed by atoms with Crippen LogP contribution in [0.15, 0.2) is 58.4 Å². The largest absolute Gasteiger partial charge is 0.497 e. The monoisotopic (exact) mass is 328 g/mol. The molecule has 0 atom stereocenters. The number of thioether (sulfide) groups is 1. The van der Waals surface area contributed by atoms with Gasteiger partial charge in [0.25, 0.3) is 5.91 Å². The van der Waals surface area contributed by atoms with Crippen LogP contribution in [-0.4, -0.2) is 18.2 Å². The van der Waals surface area contributed by atoms with Gasteiger partial charge in [-0.1, -0.05) is 12.1 Å². The van der Waals surface area contributed by atoms with Gasteiger partial charge in [-0.2, -0.15) is 0 Å². The number of halogens is 1. The van der Waals surface area contributed by atoms with Crippen molar-refractivity contribution in [1.29, 1.82) is 0 Å². The zero-order valence-electron chi connectivity index (χ0n) is 12.2. The topological polar surface area (TPSA) is 50.7 Å². The molecule has 23 heavy (non-hydrogen) atoms. The van der Waals surface area contributed by atoms with Gasteiger partial charge in [0.1, 0.15) is 11.6 Å². The number of carbonyl (C=O) groups is 1. The molecule has 1 heterocycles. The maximum atomic E-state index is 12.9. The molecule has 0 bridgehead atoms.